The minimum Gasteiger partial charge on any atom is -0.478 e. The minimum absolute atomic E-state index is 0.104. The second-order valence-corrected chi connectivity index (χ2v) is 10.1. The van der Waals surface area contributed by atoms with Crippen LogP contribution in [0.2, 0.25) is 0 Å². The highest BCUT2D eigenvalue weighted by molar-refractivity contribution is 7.19. The number of aryl methyl sites for hydroxylation is 1. The first-order valence-corrected chi connectivity index (χ1v) is 12.2. The van der Waals surface area contributed by atoms with Gasteiger partial charge in [-0.3, -0.25) is 9.36 Å². The molecule has 1 saturated heterocycles. The van der Waals surface area contributed by atoms with Crippen LogP contribution in [0.4, 0.5) is 16.0 Å². The van der Waals surface area contributed by atoms with Crippen LogP contribution in [0, 0.1) is 12.7 Å². The molecule has 0 amide bonds. The summed E-state index contributed by atoms with van der Waals surface area (Å²) < 4.78 is 15.8. The summed E-state index contributed by atoms with van der Waals surface area (Å²) in [6.45, 7) is 5.37. The first-order valence-electron chi connectivity index (χ1n) is 11.3. The van der Waals surface area contributed by atoms with Gasteiger partial charge < -0.3 is 15.3 Å². The molecule has 4 aromatic rings. The Kier molecular flexibility index (Phi) is 5.80. The maximum Gasteiger partial charge on any atom is 0.337 e. The van der Waals surface area contributed by atoms with E-state index in [1.807, 2.05) is 32.0 Å². The van der Waals surface area contributed by atoms with Crippen LogP contribution in [0.25, 0.3) is 10.2 Å². The topological polar surface area (TPSA) is 87.5 Å². The Morgan fingerprint density at radius 2 is 1.94 bits per heavy atom. The second kappa shape index (κ2) is 8.81. The number of halogens is 1. The standard InChI is InChI=1S/C26H25FN4O3S/c1-14(28-20-10-9-18(27)11-19(20)25(33)34)21-15(2)35-23-22(21)29-26(30(3)24(23)32)31-12-17(13-31)16-7-5-4-6-8-16/h4-11,14,17,28H,12-13H2,1-3H3,(H,33,34). The van der Waals surface area contributed by atoms with Gasteiger partial charge in [0.25, 0.3) is 5.56 Å². The Bertz CT molecular complexity index is 1490. The molecule has 2 N–H and O–H groups in total. The lowest BCUT2D eigenvalue weighted by molar-refractivity contribution is 0.0697. The number of nitrogens with one attached hydrogen (secondary N) is 1. The van der Waals surface area contributed by atoms with E-state index in [-0.39, 0.29) is 17.2 Å². The summed E-state index contributed by atoms with van der Waals surface area (Å²) in [6, 6.07) is 13.6. The normalized spacial score (nSPS) is 14.7. The fourth-order valence-electron chi connectivity index (χ4n) is 4.71. The number of rotatable bonds is 6. The van der Waals surface area contributed by atoms with Crippen molar-refractivity contribution in [1.29, 1.82) is 0 Å². The monoisotopic (exact) mass is 492 g/mol. The van der Waals surface area contributed by atoms with E-state index in [0.717, 1.165) is 29.6 Å². The predicted octanol–water partition coefficient (Wildman–Crippen LogP) is 4.92. The lowest BCUT2D eigenvalue weighted by atomic mass is 9.92. The third kappa shape index (κ3) is 4.05. The number of anilines is 2. The number of aromatic nitrogens is 2. The van der Waals surface area contributed by atoms with E-state index in [9.17, 15) is 19.1 Å². The van der Waals surface area contributed by atoms with Gasteiger partial charge in [0.05, 0.1) is 17.1 Å². The maximum atomic E-state index is 13.6. The molecule has 9 heteroatoms. The van der Waals surface area contributed by atoms with Gasteiger partial charge in [0.2, 0.25) is 5.95 Å². The van der Waals surface area contributed by atoms with Crippen molar-refractivity contribution in [3.8, 4) is 0 Å². The number of fused-ring (bicyclic) bond motifs is 1. The number of carboxylic acid groups (broad SMARTS) is 1. The molecule has 1 fully saturated rings. The molecule has 2 aromatic carbocycles. The first-order chi connectivity index (χ1) is 16.7. The number of nitrogens with zero attached hydrogens (tertiary/aromatic N) is 3. The number of hydrogen-bond donors (Lipinski definition) is 2. The van der Waals surface area contributed by atoms with Gasteiger partial charge in [-0.25, -0.2) is 14.2 Å². The van der Waals surface area contributed by atoms with Crippen molar-refractivity contribution >= 4 is 39.2 Å². The molecule has 0 saturated carbocycles. The van der Waals surface area contributed by atoms with Crippen LogP contribution in [0.1, 0.15) is 45.2 Å². The number of aromatic carboxylic acids is 1. The van der Waals surface area contributed by atoms with Crippen LogP contribution in [-0.4, -0.2) is 33.7 Å². The zero-order chi connectivity index (χ0) is 24.9. The van der Waals surface area contributed by atoms with Crippen LogP contribution in [0.15, 0.2) is 53.3 Å². The van der Waals surface area contributed by atoms with Crippen molar-refractivity contribution in [2.75, 3.05) is 23.3 Å². The van der Waals surface area contributed by atoms with Gasteiger partial charge in [-0.05, 0) is 37.6 Å². The summed E-state index contributed by atoms with van der Waals surface area (Å²) in [5.41, 5.74) is 2.78. The molecule has 0 spiro atoms. The van der Waals surface area contributed by atoms with Gasteiger partial charge in [0, 0.05) is 42.2 Å². The first kappa shape index (κ1) is 23.0. The molecule has 3 heterocycles. The van der Waals surface area contributed by atoms with Gasteiger partial charge >= 0.3 is 5.97 Å². The Morgan fingerprint density at radius 1 is 1.23 bits per heavy atom. The van der Waals surface area contributed by atoms with Crippen molar-refractivity contribution in [2.45, 2.75) is 25.8 Å². The van der Waals surface area contributed by atoms with E-state index in [0.29, 0.717) is 27.8 Å². The molecule has 5 rings (SSSR count). The van der Waals surface area contributed by atoms with Crippen molar-refractivity contribution < 1.29 is 14.3 Å². The van der Waals surface area contributed by atoms with Crippen molar-refractivity contribution in [1.82, 2.24) is 9.55 Å². The second-order valence-electron chi connectivity index (χ2n) is 8.90. The third-order valence-corrected chi connectivity index (χ3v) is 7.67. The van der Waals surface area contributed by atoms with Gasteiger partial charge in [0.1, 0.15) is 10.5 Å². The van der Waals surface area contributed by atoms with Crippen molar-refractivity contribution in [3.63, 3.8) is 0 Å². The molecule has 7 nitrogen and oxygen atoms in total. The highest BCUT2D eigenvalue weighted by Gasteiger charge is 2.32. The van der Waals surface area contributed by atoms with E-state index in [1.54, 1.807) is 11.6 Å². The molecule has 2 aromatic heterocycles. The van der Waals surface area contributed by atoms with Crippen LogP contribution in [0.3, 0.4) is 0 Å². The largest absolute Gasteiger partial charge is 0.478 e. The average Bonchev–Trinajstić information content (AvgIpc) is 3.14. The molecule has 0 bridgehead atoms. The summed E-state index contributed by atoms with van der Waals surface area (Å²) in [5.74, 6) is -0.822. The van der Waals surface area contributed by atoms with E-state index in [2.05, 4.69) is 22.3 Å². The lowest BCUT2D eigenvalue weighted by Gasteiger charge is -2.40. The zero-order valence-electron chi connectivity index (χ0n) is 19.6. The zero-order valence-corrected chi connectivity index (χ0v) is 20.4. The van der Waals surface area contributed by atoms with Crippen LogP contribution >= 0.6 is 11.3 Å². The molecular formula is C26H25FN4O3S. The molecule has 1 atom stereocenters. The highest BCUT2D eigenvalue weighted by atomic mass is 32.1. The third-order valence-electron chi connectivity index (χ3n) is 6.57. The van der Waals surface area contributed by atoms with Gasteiger partial charge in [0.15, 0.2) is 0 Å². The summed E-state index contributed by atoms with van der Waals surface area (Å²) in [6.07, 6.45) is 0. The smallest absolute Gasteiger partial charge is 0.337 e. The average molecular weight is 493 g/mol. The molecular weight excluding hydrogens is 467 g/mol. The number of hydrogen-bond acceptors (Lipinski definition) is 6. The van der Waals surface area contributed by atoms with Crippen molar-refractivity contribution in [3.05, 3.63) is 86.3 Å². The van der Waals surface area contributed by atoms with Crippen LogP contribution in [-0.2, 0) is 7.05 Å². The Balaban J connectivity index is 1.49. The summed E-state index contributed by atoms with van der Waals surface area (Å²) in [7, 11) is 1.74. The fourth-order valence-corrected chi connectivity index (χ4v) is 5.88. The number of carboxylic acids is 1. The maximum absolute atomic E-state index is 13.6. The predicted molar refractivity (Wildman–Crippen MR) is 136 cm³/mol. The van der Waals surface area contributed by atoms with Gasteiger partial charge in [-0.1, -0.05) is 30.3 Å². The van der Waals surface area contributed by atoms with E-state index >= 15 is 0 Å². The Hall–Kier alpha value is -3.72. The summed E-state index contributed by atoms with van der Waals surface area (Å²) >= 11 is 1.38. The lowest BCUT2D eigenvalue weighted by Crippen LogP contribution is -2.47. The van der Waals surface area contributed by atoms with E-state index in [4.69, 9.17) is 4.98 Å². The Labute approximate surface area is 205 Å². The highest BCUT2D eigenvalue weighted by Crippen LogP contribution is 2.37. The van der Waals surface area contributed by atoms with Gasteiger partial charge in [-0.15, -0.1) is 11.3 Å². The van der Waals surface area contributed by atoms with Gasteiger partial charge in [-0.2, -0.15) is 0 Å². The molecule has 0 aliphatic carbocycles. The quantitative estimate of drug-likeness (QED) is 0.397. The molecule has 180 valence electrons. The molecule has 1 aliphatic rings. The van der Waals surface area contributed by atoms with Crippen LogP contribution in [0.5, 0.6) is 0 Å². The Morgan fingerprint density at radius 3 is 2.63 bits per heavy atom. The SMILES string of the molecule is Cc1sc2c(=O)n(C)c(N3CC(c4ccccc4)C3)nc2c1C(C)Nc1ccc(F)cc1C(=O)O. The molecule has 1 unspecified atom stereocenters. The number of benzene rings is 2. The number of carbonyl (C=O) groups is 1. The van der Waals surface area contributed by atoms with E-state index in [1.165, 1.54) is 29.0 Å². The minimum atomic E-state index is -1.22. The molecule has 0 radical (unpaired) electrons. The summed E-state index contributed by atoms with van der Waals surface area (Å²) in [4.78, 5) is 32.8. The fraction of sp³-hybridized carbons (Fsp3) is 0.269. The summed E-state index contributed by atoms with van der Waals surface area (Å²) in [5, 5.41) is 12.7. The van der Waals surface area contributed by atoms with Crippen LogP contribution < -0.4 is 15.8 Å². The van der Waals surface area contributed by atoms with Crippen molar-refractivity contribution in [2.24, 2.45) is 7.05 Å². The number of thiophene rings is 1. The molecule has 35 heavy (non-hydrogen) atoms. The molecule has 1 aliphatic heterocycles. The van der Waals surface area contributed by atoms with E-state index < -0.39 is 11.8 Å².